The number of benzene rings is 1. The van der Waals surface area contributed by atoms with Crippen LogP contribution in [0.2, 0.25) is 0 Å². The van der Waals surface area contributed by atoms with Crippen LogP contribution in [0.5, 0.6) is 0 Å². The summed E-state index contributed by atoms with van der Waals surface area (Å²) in [5, 5.41) is 9.84. The number of hydrogen-bond acceptors (Lipinski definition) is 3. The third-order valence-electron chi connectivity index (χ3n) is 3.90. The molecule has 0 aliphatic rings. The fourth-order valence-electron chi connectivity index (χ4n) is 2.36. The van der Waals surface area contributed by atoms with Gasteiger partial charge < -0.3 is 14.4 Å². The predicted molar refractivity (Wildman–Crippen MR) is 84.0 cm³/mol. The number of aliphatic carboxylic acids is 1. The van der Waals surface area contributed by atoms with Gasteiger partial charge in [-0.05, 0) is 19.4 Å². The van der Waals surface area contributed by atoms with Crippen LogP contribution in [-0.2, 0) is 11.2 Å². The van der Waals surface area contributed by atoms with Gasteiger partial charge in [-0.15, -0.1) is 0 Å². The zero-order valence-corrected chi connectivity index (χ0v) is 13.1. The molecule has 0 radical (unpaired) electrons. The summed E-state index contributed by atoms with van der Waals surface area (Å²) < 4.78 is 5.82. The molecule has 0 bridgehead atoms. The molecule has 1 aromatic heterocycles. The van der Waals surface area contributed by atoms with Crippen molar-refractivity contribution in [2.45, 2.75) is 39.2 Å². The maximum Gasteiger partial charge on any atom is 0.326 e. The van der Waals surface area contributed by atoms with E-state index in [1.807, 2.05) is 24.3 Å². The smallest absolute Gasteiger partial charge is 0.326 e. The van der Waals surface area contributed by atoms with Crippen molar-refractivity contribution < 1.29 is 19.1 Å². The Hall–Kier alpha value is -2.30. The van der Waals surface area contributed by atoms with Gasteiger partial charge in [0.05, 0.1) is 5.56 Å². The molecule has 0 saturated heterocycles. The molecule has 0 fully saturated rings. The number of carbonyl (C=O) groups excluding carboxylic acids is 1. The molecule has 5 nitrogen and oxygen atoms in total. The fourth-order valence-corrected chi connectivity index (χ4v) is 2.36. The second-order valence-electron chi connectivity index (χ2n) is 5.43. The normalized spacial score (nSPS) is 12.3. The molecular formula is C17H21NO4. The number of hydrogen-bond donors (Lipinski definition) is 1. The van der Waals surface area contributed by atoms with E-state index in [4.69, 9.17) is 9.52 Å². The van der Waals surface area contributed by atoms with E-state index in [9.17, 15) is 9.59 Å². The largest absolute Gasteiger partial charge is 0.480 e. The minimum absolute atomic E-state index is 0.314. The van der Waals surface area contributed by atoms with Crippen LogP contribution in [0.15, 0.2) is 28.7 Å². The minimum Gasteiger partial charge on any atom is -0.480 e. The van der Waals surface area contributed by atoms with Crippen molar-refractivity contribution >= 4 is 22.8 Å². The highest BCUT2D eigenvalue weighted by Gasteiger charge is 2.28. The second-order valence-corrected chi connectivity index (χ2v) is 5.43. The monoisotopic (exact) mass is 303 g/mol. The summed E-state index contributed by atoms with van der Waals surface area (Å²) >= 11 is 0. The number of para-hydroxylation sites is 1. The predicted octanol–water partition coefficient (Wildman–Crippen LogP) is 3.32. The Morgan fingerprint density at radius 3 is 2.64 bits per heavy atom. The average molecular weight is 303 g/mol. The number of rotatable bonds is 6. The number of nitrogens with zero attached hydrogens (tertiary/aromatic N) is 1. The lowest BCUT2D eigenvalue weighted by Crippen LogP contribution is -2.40. The van der Waals surface area contributed by atoms with Crippen LogP contribution in [0.3, 0.4) is 0 Å². The Labute approximate surface area is 129 Å². The number of carboxylic acid groups (broad SMARTS) is 1. The first-order valence-electron chi connectivity index (χ1n) is 7.47. The molecule has 0 saturated carbocycles. The molecule has 1 heterocycles. The molecule has 0 unspecified atom stereocenters. The highest BCUT2D eigenvalue weighted by molar-refractivity contribution is 6.08. The molecule has 5 heteroatoms. The van der Waals surface area contributed by atoms with Crippen LogP contribution in [0, 0.1) is 0 Å². The first kappa shape index (κ1) is 16.1. The summed E-state index contributed by atoms with van der Waals surface area (Å²) in [5.74, 6) is -0.706. The lowest BCUT2D eigenvalue weighted by molar-refractivity contribution is -0.141. The summed E-state index contributed by atoms with van der Waals surface area (Å²) in [6.07, 6.45) is 2.58. The molecule has 2 rings (SSSR count). The van der Waals surface area contributed by atoms with Gasteiger partial charge in [0, 0.05) is 18.9 Å². The maximum atomic E-state index is 12.8. The van der Waals surface area contributed by atoms with Crippen LogP contribution >= 0.6 is 0 Å². The van der Waals surface area contributed by atoms with E-state index >= 15 is 0 Å². The van der Waals surface area contributed by atoms with E-state index in [-0.39, 0.29) is 5.91 Å². The van der Waals surface area contributed by atoms with Gasteiger partial charge in [-0.3, -0.25) is 4.79 Å². The summed E-state index contributed by atoms with van der Waals surface area (Å²) in [6, 6.07) is 6.47. The van der Waals surface area contributed by atoms with E-state index in [0.717, 1.165) is 18.2 Å². The van der Waals surface area contributed by atoms with E-state index in [0.29, 0.717) is 23.3 Å². The van der Waals surface area contributed by atoms with Crippen LogP contribution in [-0.4, -0.2) is 35.0 Å². The van der Waals surface area contributed by atoms with Crippen LogP contribution in [0.4, 0.5) is 0 Å². The molecular weight excluding hydrogens is 282 g/mol. The highest BCUT2D eigenvalue weighted by Crippen LogP contribution is 2.28. The second kappa shape index (κ2) is 6.64. The van der Waals surface area contributed by atoms with Gasteiger partial charge in [0.15, 0.2) is 0 Å². The van der Waals surface area contributed by atoms with Crippen LogP contribution < -0.4 is 0 Å². The van der Waals surface area contributed by atoms with Crippen LogP contribution in [0.1, 0.15) is 42.8 Å². The number of carboxylic acids is 1. The Morgan fingerprint density at radius 2 is 2.00 bits per heavy atom. The molecule has 1 atom stereocenters. The number of amides is 1. The molecule has 118 valence electrons. The fraction of sp³-hybridized carbons (Fsp3) is 0.412. The Bertz CT molecular complexity index is 689. The number of carbonyl (C=O) groups is 2. The number of likely N-dealkylation sites (N-methyl/N-ethyl adjacent to an activating group) is 1. The van der Waals surface area contributed by atoms with Crippen molar-refractivity contribution in [1.82, 2.24) is 4.90 Å². The zero-order chi connectivity index (χ0) is 16.3. The van der Waals surface area contributed by atoms with Gasteiger partial charge in [-0.2, -0.15) is 0 Å². The Kier molecular flexibility index (Phi) is 4.85. The lowest BCUT2D eigenvalue weighted by atomic mass is 10.1. The zero-order valence-electron chi connectivity index (χ0n) is 13.1. The SMILES string of the molecule is CCCCc1oc2ccccc2c1C(=O)N(C)[C@H](C)C(=O)O. The van der Waals surface area contributed by atoms with Crippen molar-refractivity contribution in [3.63, 3.8) is 0 Å². The van der Waals surface area contributed by atoms with Crippen molar-refractivity contribution in [3.05, 3.63) is 35.6 Å². The molecule has 0 aliphatic carbocycles. The van der Waals surface area contributed by atoms with Gasteiger partial charge in [-0.1, -0.05) is 31.5 Å². The Morgan fingerprint density at radius 1 is 1.32 bits per heavy atom. The quantitative estimate of drug-likeness (QED) is 0.888. The standard InChI is InChI=1S/C17H21NO4/c1-4-5-9-14-15(12-8-6-7-10-13(12)22-14)16(19)18(3)11(2)17(20)21/h6-8,10-11H,4-5,9H2,1-3H3,(H,20,21)/t11-/m1/s1. The molecule has 2 aromatic rings. The highest BCUT2D eigenvalue weighted by atomic mass is 16.4. The van der Waals surface area contributed by atoms with Crippen molar-refractivity contribution in [2.75, 3.05) is 7.05 Å². The van der Waals surface area contributed by atoms with E-state index in [1.54, 1.807) is 0 Å². The van der Waals surface area contributed by atoms with Crippen LogP contribution in [0.25, 0.3) is 11.0 Å². The van der Waals surface area contributed by atoms with Crippen molar-refractivity contribution in [2.24, 2.45) is 0 Å². The van der Waals surface area contributed by atoms with Gasteiger partial charge in [0.1, 0.15) is 17.4 Å². The van der Waals surface area contributed by atoms with E-state index in [1.165, 1.54) is 18.9 Å². The molecule has 1 N–H and O–H groups in total. The first-order chi connectivity index (χ1) is 10.5. The van der Waals surface area contributed by atoms with Gasteiger partial charge >= 0.3 is 5.97 Å². The number of aryl methyl sites for hydroxylation is 1. The summed E-state index contributed by atoms with van der Waals surface area (Å²) in [5.41, 5.74) is 1.15. The summed E-state index contributed by atoms with van der Waals surface area (Å²) in [4.78, 5) is 25.1. The van der Waals surface area contributed by atoms with Crippen molar-refractivity contribution in [3.8, 4) is 0 Å². The van der Waals surface area contributed by atoms with Crippen molar-refractivity contribution in [1.29, 1.82) is 0 Å². The number of unbranched alkanes of at least 4 members (excludes halogenated alkanes) is 1. The summed E-state index contributed by atoms with van der Waals surface area (Å²) in [7, 11) is 1.51. The van der Waals surface area contributed by atoms with E-state index < -0.39 is 12.0 Å². The van der Waals surface area contributed by atoms with Gasteiger partial charge in [-0.25, -0.2) is 4.79 Å². The third-order valence-corrected chi connectivity index (χ3v) is 3.90. The molecule has 1 amide bonds. The Balaban J connectivity index is 2.47. The van der Waals surface area contributed by atoms with E-state index in [2.05, 4.69) is 6.92 Å². The van der Waals surface area contributed by atoms with Gasteiger partial charge in [0.2, 0.25) is 0 Å². The topological polar surface area (TPSA) is 70.8 Å². The molecule has 0 spiro atoms. The minimum atomic E-state index is -1.03. The molecule has 1 aromatic carbocycles. The number of fused-ring (bicyclic) bond motifs is 1. The lowest BCUT2D eigenvalue weighted by Gasteiger charge is -2.21. The van der Waals surface area contributed by atoms with Gasteiger partial charge in [0.25, 0.3) is 5.91 Å². The molecule has 22 heavy (non-hydrogen) atoms. The molecule has 0 aliphatic heterocycles. The summed E-state index contributed by atoms with van der Waals surface area (Å²) in [6.45, 7) is 3.57. The maximum absolute atomic E-state index is 12.8. The third kappa shape index (κ3) is 2.98. The first-order valence-corrected chi connectivity index (χ1v) is 7.47. The average Bonchev–Trinajstić information content (AvgIpc) is 2.88. The number of furan rings is 1.